The first-order chi connectivity index (χ1) is 9.31. The van der Waals surface area contributed by atoms with Crippen molar-refractivity contribution in [3.63, 3.8) is 0 Å². The molecule has 0 aliphatic carbocycles. The smallest absolute Gasteiger partial charge is 0.246 e. The van der Waals surface area contributed by atoms with Crippen LogP contribution in [0.3, 0.4) is 0 Å². The van der Waals surface area contributed by atoms with Crippen LogP contribution in [0.25, 0.3) is 0 Å². The van der Waals surface area contributed by atoms with Crippen LogP contribution in [-0.4, -0.2) is 39.1 Å². The van der Waals surface area contributed by atoms with Crippen molar-refractivity contribution in [2.45, 2.75) is 33.4 Å². The molecular formula is C13H19ClN4O2. The Morgan fingerprint density at radius 1 is 1.45 bits per heavy atom. The van der Waals surface area contributed by atoms with Crippen LogP contribution in [0.5, 0.6) is 0 Å². The van der Waals surface area contributed by atoms with Crippen molar-refractivity contribution in [1.82, 2.24) is 20.0 Å². The van der Waals surface area contributed by atoms with Crippen LogP contribution in [0, 0.1) is 12.8 Å². The minimum atomic E-state index is -0.466. The molecule has 1 aromatic heterocycles. The Kier molecular flexibility index (Phi) is 4.04. The average Bonchev–Trinajstić information content (AvgIpc) is 2.59. The molecule has 2 heterocycles. The van der Waals surface area contributed by atoms with Gasteiger partial charge in [0, 0.05) is 12.6 Å². The van der Waals surface area contributed by atoms with E-state index in [1.54, 1.807) is 16.6 Å². The minimum absolute atomic E-state index is 0.0553. The van der Waals surface area contributed by atoms with Crippen LogP contribution >= 0.6 is 11.6 Å². The number of amides is 2. The zero-order chi connectivity index (χ0) is 15.0. The number of nitrogens with zero attached hydrogens (tertiary/aromatic N) is 3. The van der Waals surface area contributed by atoms with Crippen LogP contribution in [0.2, 0.25) is 5.15 Å². The van der Waals surface area contributed by atoms with Crippen molar-refractivity contribution >= 4 is 23.4 Å². The maximum atomic E-state index is 12.4. The first-order valence-corrected chi connectivity index (χ1v) is 6.95. The molecule has 1 saturated heterocycles. The summed E-state index contributed by atoms with van der Waals surface area (Å²) in [6.45, 7) is 6.04. The molecule has 2 amide bonds. The minimum Gasteiger partial charge on any atom is -0.343 e. The summed E-state index contributed by atoms with van der Waals surface area (Å²) in [5.74, 6) is -0.153. The summed E-state index contributed by atoms with van der Waals surface area (Å²) in [6, 6.07) is -0.466. The van der Waals surface area contributed by atoms with Gasteiger partial charge >= 0.3 is 0 Å². The first-order valence-electron chi connectivity index (χ1n) is 6.57. The molecule has 20 heavy (non-hydrogen) atoms. The Morgan fingerprint density at radius 3 is 2.60 bits per heavy atom. The fraction of sp³-hybridized carbons (Fsp3) is 0.615. The van der Waals surface area contributed by atoms with E-state index < -0.39 is 6.04 Å². The van der Waals surface area contributed by atoms with Gasteiger partial charge in [-0.05, 0) is 12.8 Å². The molecule has 1 aliphatic heterocycles. The molecular weight excluding hydrogens is 280 g/mol. The lowest BCUT2D eigenvalue weighted by Gasteiger charge is -2.34. The number of aromatic nitrogens is 2. The molecule has 1 aliphatic rings. The summed E-state index contributed by atoms with van der Waals surface area (Å²) in [5, 5.41) is 7.45. The summed E-state index contributed by atoms with van der Waals surface area (Å²) >= 11 is 6.18. The molecule has 7 heteroatoms. The molecule has 6 nitrogen and oxygen atoms in total. The lowest BCUT2D eigenvalue weighted by atomic mass is 10.0. The lowest BCUT2D eigenvalue weighted by molar-refractivity contribution is -0.146. The summed E-state index contributed by atoms with van der Waals surface area (Å²) in [7, 11) is 1.75. The summed E-state index contributed by atoms with van der Waals surface area (Å²) in [5.41, 5.74) is 1.57. The fourth-order valence-corrected chi connectivity index (χ4v) is 2.59. The molecule has 0 radical (unpaired) electrons. The molecule has 0 saturated carbocycles. The SMILES string of the molecule is Cc1nn(C)c(Cl)c1CN1CC(=O)NC(C(C)C)C1=O. The Bertz CT molecular complexity index is 553. The van der Waals surface area contributed by atoms with E-state index in [9.17, 15) is 9.59 Å². The maximum Gasteiger partial charge on any atom is 0.246 e. The topological polar surface area (TPSA) is 67.2 Å². The quantitative estimate of drug-likeness (QED) is 0.900. The van der Waals surface area contributed by atoms with E-state index in [-0.39, 0.29) is 24.3 Å². The van der Waals surface area contributed by atoms with Crippen molar-refractivity contribution < 1.29 is 9.59 Å². The number of rotatable bonds is 3. The Morgan fingerprint density at radius 2 is 2.10 bits per heavy atom. The third-order valence-corrected chi connectivity index (χ3v) is 3.99. The van der Waals surface area contributed by atoms with Crippen molar-refractivity contribution in [2.24, 2.45) is 13.0 Å². The third kappa shape index (κ3) is 2.65. The van der Waals surface area contributed by atoms with E-state index >= 15 is 0 Å². The lowest BCUT2D eigenvalue weighted by Crippen LogP contribution is -2.59. The fourth-order valence-electron chi connectivity index (χ4n) is 2.36. The normalized spacial score (nSPS) is 19.7. The third-order valence-electron chi connectivity index (χ3n) is 3.51. The Hall–Kier alpha value is -1.56. The van der Waals surface area contributed by atoms with Crippen LogP contribution in [-0.2, 0) is 23.2 Å². The van der Waals surface area contributed by atoms with Crippen LogP contribution in [0.1, 0.15) is 25.1 Å². The van der Waals surface area contributed by atoms with Crippen LogP contribution < -0.4 is 5.32 Å². The molecule has 1 fully saturated rings. The summed E-state index contributed by atoms with van der Waals surface area (Å²) in [4.78, 5) is 25.7. The second-order valence-electron chi connectivity index (χ2n) is 5.46. The monoisotopic (exact) mass is 298 g/mol. The number of piperazine rings is 1. The highest BCUT2D eigenvalue weighted by molar-refractivity contribution is 6.30. The standard InChI is InChI=1S/C13H19ClN4O2/c1-7(2)11-13(20)18(6-10(19)15-11)5-9-8(3)16-17(4)12(9)14/h7,11H,5-6H2,1-4H3,(H,15,19). The van der Waals surface area contributed by atoms with Crippen LogP contribution in [0.15, 0.2) is 0 Å². The number of carbonyl (C=O) groups is 2. The Balaban J connectivity index is 2.23. The largest absolute Gasteiger partial charge is 0.343 e. The predicted octanol–water partition coefficient (Wildman–Crippen LogP) is 0.865. The summed E-state index contributed by atoms with van der Waals surface area (Å²) < 4.78 is 1.57. The van der Waals surface area contributed by atoms with Gasteiger partial charge in [-0.1, -0.05) is 25.4 Å². The van der Waals surface area contributed by atoms with E-state index in [0.717, 1.165) is 11.3 Å². The molecule has 1 N–H and O–H groups in total. The number of nitrogens with one attached hydrogen (secondary N) is 1. The molecule has 0 spiro atoms. The number of aryl methyl sites for hydroxylation is 2. The van der Waals surface area contributed by atoms with E-state index in [2.05, 4.69) is 10.4 Å². The molecule has 0 aromatic carbocycles. The molecule has 1 atom stereocenters. The van der Waals surface area contributed by atoms with Crippen molar-refractivity contribution in [3.05, 3.63) is 16.4 Å². The van der Waals surface area contributed by atoms with Gasteiger partial charge < -0.3 is 10.2 Å². The maximum absolute atomic E-state index is 12.4. The van der Waals surface area contributed by atoms with E-state index in [1.165, 1.54) is 0 Å². The average molecular weight is 299 g/mol. The van der Waals surface area contributed by atoms with Crippen LogP contribution in [0.4, 0.5) is 0 Å². The molecule has 1 aromatic rings. The number of hydrogen-bond donors (Lipinski definition) is 1. The molecule has 0 bridgehead atoms. The van der Waals surface area contributed by atoms with Crippen molar-refractivity contribution in [2.75, 3.05) is 6.54 Å². The van der Waals surface area contributed by atoms with E-state index in [1.807, 2.05) is 20.8 Å². The predicted molar refractivity (Wildman–Crippen MR) is 75.1 cm³/mol. The van der Waals surface area contributed by atoms with Crippen molar-refractivity contribution in [3.8, 4) is 0 Å². The van der Waals surface area contributed by atoms with Gasteiger partial charge in [-0.3, -0.25) is 14.3 Å². The van der Waals surface area contributed by atoms with Gasteiger partial charge in [0.2, 0.25) is 11.8 Å². The second kappa shape index (κ2) is 5.44. The van der Waals surface area contributed by atoms with E-state index in [0.29, 0.717) is 11.7 Å². The second-order valence-corrected chi connectivity index (χ2v) is 5.82. The van der Waals surface area contributed by atoms with Gasteiger partial charge in [-0.25, -0.2) is 0 Å². The van der Waals surface area contributed by atoms with Gasteiger partial charge in [0.15, 0.2) is 0 Å². The zero-order valence-corrected chi connectivity index (χ0v) is 12.9. The first kappa shape index (κ1) is 14.8. The highest BCUT2D eigenvalue weighted by Crippen LogP contribution is 2.22. The Labute approximate surface area is 123 Å². The molecule has 1 unspecified atom stereocenters. The summed E-state index contributed by atoms with van der Waals surface area (Å²) in [6.07, 6.45) is 0. The van der Waals surface area contributed by atoms with Gasteiger partial charge in [0.25, 0.3) is 0 Å². The van der Waals surface area contributed by atoms with Gasteiger partial charge in [0.05, 0.1) is 18.8 Å². The van der Waals surface area contributed by atoms with E-state index in [4.69, 9.17) is 11.6 Å². The number of hydrogen-bond acceptors (Lipinski definition) is 3. The number of halogens is 1. The zero-order valence-electron chi connectivity index (χ0n) is 12.1. The molecule has 2 rings (SSSR count). The highest BCUT2D eigenvalue weighted by Gasteiger charge is 2.35. The number of carbonyl (C=O) groups excluding carboxylic acids is 2. The van der Waals surface area contributed by atoms with Gasteiger partial charge in [-0.2, -0.15) is 5.10 Å². The molecule has 110 valence electrons. The van der Waals surface area contributed by atoms with Gasteiger partial charge in [0.1, 0.15) is 11.2 Å². The highest BCUT2D eigenvalue weighted by atomic mass is 35.5. The van der Waals surface area contributed by atoms with Crippen molar-refractivity contribution in [1.29, 1.82) is 0 Å². The van der Waals surface area contributed by atoms with Gasteiger partial charge in [-0.15, -0.1) is 0 Å².